The molecule has 0 saturated heterocycles. The second kappa shape index (κ2) is 6.04. The van der Waals surface area contributed by atoms with Crippen LogP contribution in [0.1, 0.15) is 27.8 Å². The van der Waals surface area contributed by atoms with Gasteiger partial charge in [0.05, 0.1) is 0 Å². The Labute approximate surface area is 139 Å². The van der Waals surface area contributed by atoms with Crippen LogP contribution in [0.15, 0.2) is 48.5 Å². The van der Waals surface area contributed by atoms with Gasteiger partial charge in [0.25, 0.3) is 0 Å². The minimum absolute atomic E-state index is 1.22. The maximum absolute atomic E-state index is 3.48. The quantitative estimate of drug-likeness (QED) is 0.516. The summed E-state index contributed by atoms with van der Waals surface area (Å²) in [6, 6.07) is 20.7. The van der Waals surface area contributed by atoms with Crippen LogP contribution in [0.2, 0.25) is 0 Å². The van der Waals surface area contributed by atoms with Crippen LogP contribution in [0.4, 0.5) is 0 Å². The van der Waals surface area contributed by atoms with Crippen LogP contribution in [0.5, 0.6) is 0 Å². The standard InChI is InChI=1S/C23H23/c1-15-9-6-10-16(2)22(15)20-13-8-14-21(19(20)5)23-17(3)11-7-12-18(23)4/h6-13H,1-5H3. The summed E-state index contributed by atoms with van der Waals surface area (Å²) in [5, 5.41) is 0. The highest BCUT2D eigenvalue weighted by Crippen LogP contribution is 2.36. The Balaban J connectivity index is 2.29. The van der Waals surface area contributed by atoms with E-state index in [0.29, 0.717) is 0 Å². The summed E-state index contributed by atoms with van der Waals surface area (Å²) in [5.41, 5.74) is 11.8. The molecule has 0 heteroatoms. The molecule has 0 saturated carbocycles. The van der Waals surface area contributed by atoms with Gasteiger partial charge in [-0.25, -0.2) is 0 Å². The largest absolute Gasteiger partial charge is 0.0617 e. The van der Waals surface area contributed by atoms with E-state index < -0.39 is 0 Å². The minimum Gasteiger partial charge on any atom is -0.0617 e. The number of benzene rings is 3. The summed E-state index contributed by atoms with van der Waals surface area (Å²) in [4.78, 5) is 0. The van der Waals surface area contributed by atoms with E-state index in [2.05, 4.69) is 89.2 Å². The maximum atomic E-state index is 3.48. The molecule has 0 amide bonds. The van der Waals surface area contributed by atoms with E-state index >= 15 is 0 Å². The first kappa shape index (κ1) is 15.6. The van der Waals surface area contributed by atoms with Crippen LogP contribution in [0.25, 0.3) is 22.3 Å². The van der Waals surface area contributed by atoms with E-state index in [4.69, 9.17) is 0 Å². The molecule has 0 nitrogen and oxygen atoms in total. The zero-order valence-electron chi connectivity index (χ0n) is 14.6. The smallest absolute Gasteiger partial charge is 0.00644 e. The van der Waals surface area contributed by atoms with Crippen molar-refractivity contribution >= 4 is 0 Å². The molecule has 3 rings (SSSR count). The van der Waals surface area contributed by atoms with Gasteiger partial charge >= 0.3 is 0 Å². The highest BCUT2D eigenvalue weighted by atomic mass is 14.2. The van der Waals surface area contributed by atoms with Gasteiger partial charge in [0, 0.05) is 0 Å². The van der Waals surface area contributed by atoms with E-state index in [1.165, 1.54) is 50.1 Å². The molecular formula is C23H23. The van der Waals surface area contributed by atoms with Gasteiger partial charge in [-0.1, -0.05) is 48.5 Å². The van der Waals surface area contributed by atoms with Crippen molar-refractivity contribution in [2.45, 2.75) is 34.6 Å². The van der Waals surface area contributed by atoms with Crippen LogP contribution in [-0.4, -0.2) is 0 Å². The van der Waals surface area contributed by atoms with Gasteiger partial charge < -0.3 is 0 Å². The van der Waals surface area contributed by atoms with Gasteiger partial charge in [0.15, 0.2) is 0 Å². The topological polar surface area (TPSA) is 0 Å². The Bertz CT molecular complexity index is 759. The molecule has 0 aliphatic carbocycles. The molecule has 0 aliphatic heterocycles. The summed E-state index contributed by atoms with van der Waals surface area (Å²) >= 11 is 0. The molecule has 0 spiro atoms. The van der Waals surface area contributed by atoms with Crippen LogP contribution < -0.4 is 0 Å². The van der Waals surface area contributed by atoms with Gasteiger partial charge in [-0.05, 0) is 90.8 Å². The Kier molecular flexibility index (Phi) is 4.09. The number of hydrogen-bond donors (Lipinski definition) is 0. The molecular weight excluding hydrogens is 276 g/mol. The fraction of sp³-hybridized carbons (Fsp3) is 0.217. The lowest BCUT2D eigenvalue weighted by Crippen LogP contribution is -1.95. The van der Waals surface area contributed by atoms with Gasteiger partial charge in [-0.3, -0.25) is 0 Å². The van der Waals surface area contributed by atoms with Gasteiger partial charge in [0.2, 0.25) is 0 Å². The zero-order valence-corrected chi connectivity index (χ0v) is 14.6. The van der Waals surface area contributed by atoms with Gasteiger partial charge in [-0.15, -0.1) is 0 Å². The Hall–Kier alpha value is -2.34. The van der Waals surface area contributed by atoms with Gasteiger partial charge in [0.1, 0.15) is 0 Å². The monoisotopic (exact) mass is 299 g/mol. The summed E-state index contributed by atoms with van der Waals surface area (Å²) in [7, 11) is 0. The van der Waals surface area contributed by atoms with E-state index in [-0.39, 0.29) is 0 Å². The van der Waals surface area contributed by atoms with Crippen LogP contribution in [0, 0.1) is 40.7 Å². The third-order valence-electron chi connectivity index (χ3n) is 4.74. The first-order valence-electron chi connectivity index (χ1n) is 8.15. The summed E-state index contributed by atoms with van der Waals surface area (Å²) in [6.07, 6.45) is 0. The predicted octanol–water partition coefficient (Wildman–Crippen LogP) is 6.36. The molecule has 0 heterocycles. The highest BCUT2D eigenvalue weighted by Gasteiger charge is 2.14. The molecule has 3 aromatic carbocycles. The van der Waals surface area contributed by atoms with E-state index in [1.807, 2.05) is 0 Å². The molecule has 3 aromatic rings. The van der Waals surface area contributed by atoms with Crippen molar-refractivity contribution in [1.29, 1.82) is 0 Å². The van der Waals surface area contributed by atoms with Crippen molar-refractivity contribution < 1.29 is 0 Å². The molecule has 0 aromatic heterocycles. The Morgan fingerprint density at radius 2 is 1.09 bits per heavy atom. The average molecular weight is 299 g/mol. The molecule has 0 N–H and O–H groups in total. The van der Waals surface area contributed by atoms with E-state index in [9.17, 15) is 0 Å². The first-order valence-corrected chi connectivity index (χ1v) is 8.15. The lowest BCUT2D eigenvalue weighted by atomic mass is 9.86. The molecule has 1 radical (unpaired) electrons. The third-order valence-corrected chi connectivity index (χ3v) is 4.74. The number of rotatable bonds is 2. The molecule has 0 atom stereocenters. The molecule has 115 valence electrons. The second-order valence-electron chi connectivity index (χ2n) is 6.42. The zero-order chi connectivity index (χ0) is 16.6. The second-order valence-corrected chi connectivity index (χ2v) is 6.42. The average Bonchev–Trinajstić information content (AvgIpc) is 2.50. The van der Waals surface area contributed by atoms with Crippen molar-refractivity contribution in [2.24, 2.45) is 0 Å². The Morgan fingerprint density at radius 1 is 0.609 bits per heavy atom. The molecule has 23 heavy (non-hydrogen) atoms. The fourth-order valence-corrected chi connectivity index (χ4v) is 3.55. The minimum atomic E-state index is 1.22. The summed E-state index contributed by atoms with van der Waals surface area (Å²) in [6.45, 7) is 11.0. The molecule has 0 aliphatic rings. The lowest BCUT2D eigenvalue weighted by molar-refractivity contribution is 1.33. The fourth-order valence-electron chi connectivity index (χ4n) is 3.55. The third kappa shape index (κ3) is 2.70. The van der Waals surface area contributed by atoms with Crippen LogP contribution >= 0.6 is 0 Å². The predicted molar refractivity (Wildman–Crippen MR) is 99.8 cm³/mol. The summed E-state index contributed by atoms with van der Waals surface area (Å²) < 4.78 is 0. The van der Waals surface area contributed by atoms with Crippen molar-refractivity contribution in [3.05, 3.63) is 82.4 Å². The Morgan fingerprint density at radius 3 is 1.61 bits per heavy atom. The van der Waals surface area contributed by atoms with Crippen molar-refractivity contribution in [1.82, 2.24) is 0 Å². The summed E-state index contributed by atoms with van der Waals surface area (Å²) in [5.74, 6) is 0. The van der Waals surface area contributed by atoms with Crippen molar-refractivity contribution in [3.63, 3.8) is 0 Å². The SMILES string of the molecule is Cc1cccc(C)c1-c1[c]ccc(-c2c(C)cccc2C)c1C. The number of hydrogen-bond acceptors (Lipinski definition) is 0. The van der Waals surface area contributed by atoms with Gasteiger partial charge in [-0.2, -0.15) is 0 Å². The first-order chi connectivity index (χ1) is 11.0. The van der Waals surface area contributed by atoms with Crippen LogP contribution in [-0.2, 0) is 0 Å². The highest BCUT2D eigenvalue weighted by molar-refractivity contribution is 5.82. The maximum Gasteiger partial charge on any atom is -0.00644 e. The number of aryl methyl sites for hydroxylation is 4. The normalized spacial score (nSPS) is 10.8. The van der Waals surface area contributed by atoms with E-state index in [0.717, 1.165) is 0 Å². The molecule has 0 bridgehead atoms. The van der Waals surface area contributed by atoms with Crippen molar-refractivity contribution in [2.75, 3.05) is 0 Å². The molecule has 0 fully saturated rings. The van der Waals surface area contributed by atoms with Crippen LogP contribution in [0.3, 0.4) is 0 Å². The molecule has 0 unspecified atom stereocenters. The van der Waals surface area contributed by atoms with E-state index in [1.54, 1.807) is 0 Å². The van der Waals surface area contributed by atoms with Crippen molar-refractivity contribution in [3.8, 4) is 22.3 Å². The lowest BCUT2D eigenvalue weighted by Gasteiger charge is -2.18.